The van der Waals surface area contributed by atoms with Crippen LogP contribution < -0.4 is 5.32 Å². The van der Waals surface area contributed by atoms with Crippen LogP contribution in [0.15, 0.2) is 24.5 Å². The van der Waals surface area contributed by atoms with Crippen LogP contribution in [0.3, 0.4) is 0 Å². The summed E-state index contributed by atoms with van der Waals surface area (Å²) in [6, 6.07) is 2.84. The largest absolute Gasteiger partial charge is 0.480 e. The molecule has 0 fully saturated rings. The topological polar surface area (TPSA) is 83.7 Å². The molecule has 1 atom stereocenters. The van der Waals surface area contributed by atoms with Gasteiger partial charge in [0.15, 0.2) is 0 Å². The monoisotopic (exact) mass is 275 g/mol. The minimum Gasteiger partial charge on any atom is -0.480 e. The molecule has 2 heterocycles. The van der Waals surface area contributed by atoms with Crippen LogP contribution in [0, 0.1) is 12.8 Å². The molecule has 2 N–H and O–H groups in total. The number of aliphatic carboxylic acids is 1. The highest BCUT2D eigenvalue weighted by atomic mass is 16.4. The fraction of sp³-hybridized carbons (Fsp3) is 0.357. The molecule has 20 heavy (non-hydrogen) atoms. The fourth-order valence-electron chi connectivity index (χ4n) is 1.92. The summed E-state index contributed by atoms with van der Waals surface area (Å²) in [5, 5.41) is 11.6. The Bertz CT molecular complexity index is 661. The number of amides is 1. The SMILES string of the molecule is Cc1ccn2cc(C(=O)NC(C(=O)O)C(C)C)nc2c1. The van der Waals surface area contributed by atoms with Gasteiger partial charge in [0.05, 0.1) is 0 Å². The number of imidazole rings is 1. The van der Waals surface area contributed by atoms with E-state index in [0.717, 1.165) is 5.56 Å². The average Bonchev–Trinajstić information content (AvgIpc) is 2.77. The first kappa shape index (κ1) is 14.0. The molecule has 2 aromatic rings. The third kappa shape index (κ3) is 2.79. The zero-order valence-corrected chi connectivity index (χ0v) is 11.6. The lowest BCUT2D eigenvalue weighted by Gasteiger charge is -2.16. The average molecular weight is 275 g/mol. The summed E-state index contributed by atoms with van der Waals surface area (Å²) >= 11 is 0. The summed E-state index contributed by atoms with van der Waals surface area (Å²) in [5.41, 5.74) is 1.91. The van der Waals surface area contributed by atoms with Crippen LogP contribution in [-0.2, 0) is 4.79 Å². The fourth-order valence-corrected chi connectivity index (χ4v) is 1.92. The van der Waals surface area contributed by atoms with Crippen molar-refractivity contribution in [2.45, 2.75) is 26.8 Å². The summed E-state index contributed by atoms with van der Waals surface area (Å²) in [7, 11) is 0. The maximum Gasteiger partial charge on any atom is 0.326 e. The van der Waals surface area contributed by atoms with E-state index in [1.807, 2.05) is 25.3 Å². The number of carbonyl (C=O) groups excluding carboxylic acids is 1. The number of rotatable bonds is 4. The Kier molecular flexibility index (Phi) is 3.74. The predicted molar refractivity (Wildman–Crippen MR) is 73.7 cm³/mol. The van der Waals surface area contributed by atoms with Crippen molar-refractivity contribution in [1.82, 2.24) is 14.7 Å². The highest BCUT2D eigenvalue weighted by molar-refractivity contribution is 5.95. The second-order valence-corrected chi connectivity index (χ2v) is 5.13. The first-order valence-corrected chi connectivity index (χ1v) is 6.37. The van der Waals surface area contributed by atoms with Crippen molar-refractivity contribution in [2.75, 3.05) is 0 Å². The quantitative estimate of drug-likeness (QED) is 0.885. The van der Waals surface area contributed by atoms with Crippen molar-refractivity contribution in [3.8, 4) is 0 Å². The molecule has 0 saturated carbocycles. The molecule has 0 bridgehead atoms. The summed E-state index contributed by atoms with van der Waals surface area (Å²) in [4.78, 5) is 27.4. The summed E-state index contributed by atoms with van der Waals surface area (Å²) < 4.78 is 1.73. The molecule has 2 aromatic heterocycles. The van der Waals surface area contributed by atoms with Crippen LogP contribution >= 0.6 is 0 Å². The third-order valence-corrected chi connectivity index (χ3v) is 3.07. The van der Waals surface area contributed by atoms with Crippen LogP contribution in [0.5, 0.6) is 0 Å². The predicted octanol–water partition coefficient (Wildman–Crippen LogP) is 1.48. The van der Waals surface area contributed by atoms with Gasteiger partial charge in [-0.2, -0.15) is 0 Å². The normalized spacial score (nSPS) is 12.6. The number of fused-ring (bicyclic) bond motifs is 1. The number of hydrogen-bond donors (Lipinski definition) is 2. The van der Waals surface area contributed by atoms with E-state index in [2.05, 4.69) is 10.3 Å². The molecule has 1 amide bonds. The first-order chi connectivity index (χ1) is 9.38. The van der Waals surface area contributed by atoms with Gasteiger partial charge in [0, 0.05) is 12.4 Å². The Balaban J connectivity index is 2.25. The molecule has 2 rings (SSSR count). The maximum absolute atomic E-state index is 12.1. The van der Waals surface area contributed by atoms with E-state index in [0.29, 0.717) is 5.65 Å². The highest BCUT2D eigenvalue weighted by Gasteiger charge is 2.24. The summed E-state index contributed by atoms with van der Waals surface area (Å²) in [5.74, 6) is -1.73. The van der Waals surface area contributed by atoms with Crippen LogP contribution in [0.2, 0.25) is 0 Å². The maximum atomic E-state index is 12.1. The van der Waals surface area contributed by atoms with Gasteiger partial charge in [-0.05, 0) is 30.5 Å². The van der Waals surface area contributed by atoms with Gasteiger partial charge in [-0.15, -0.1) is 0 Å². The number of aryl methyl sites for hydroxylation is 1. The Morgan fingerprint density at radius 3 is 2.70 bits per heavy atom. The number of carboxylic acids is 1. The van der Waals surface area contributed by atoms with E-state index in [9.17, 15) is 9.59 Å². The summed E-state index contributed by atoms with van der Waals surface area (Å²) in [6.07, 6.45) is 3.40. The number of aromatic nitrogens is 2. The van der Waals surface area contributed by atoms with Gasteiger partial charge >= 0.3 is 5.97 Å². The van der Waals surface area contributed by atoms with Gasteiger partial charge in [-0.25, -0.2) is 9.78 Å². The van der Waals surface area contributed by atoms with Gasteiger partial charge < -0.3 is 14.8 Å². The molecule has 6 heteroatoms. The highest BCUT2D eigenvalue weighted by Crippen LogP contribution is 2.09. The van der Waals surface area contributed by atoms with Crippen molar-refractivity contribution >= 4 is 17.5 Å². The van der Waals surface area contributed by atoms with E-state index in [4.69, 9.17) is 5.11 Å². The molecule has 0 aliphatic heterocycles. The number of carboxylic acid groups (broad SMARTS) is 1. The van der Waals surface area contributed by atoms with Gasteiger partial charge in [-0.1, -0.05) is 13.8 Å². The molecule has 0 aliphatic rings. The van der Waals surface area contributed by atoms with Gasteiger partial charge in [-0.3, -0.25) is 4.79 Å². The van der Waals surface area contributed by atoms with Crippen molar-refractivity contribution < 1.29 is 14.7 Å². The third-order valence-electron chi connectivity index (χ3n) is 3.07. The molecular weight excluding hydrogens is 258 g/mol. The first-order valence-electron chi connectivity index (χ1n) is 6.37. The lowest BCUT2D eigenvalue weighted by Crippen LogP contribution is -2.44. The summed E-state index contributed by atoms with van der Waals surface area (Å²) in [6.45, 7) is 5.42. The smallest absolute Gasteiger partial charge is 0.326 e. The number of pyridine rings is 1. The van der Waals surface area contributed by atoms with Crippen LogP contribution in [-0.4, -0.2) is 32.4 Å². The van der Waals surface area contributed by atoms with Crippen molar-refractivity contribution in [2.24, 2.45) is 5.92 Å². The zero-order valence-electron chi connectivity index (χ0n) is 11.6. The Morgan fingerprint density at radius 1 is 1.40 bits per heavy atom. The van der Waals surface area contributed by atoms with Gasteiger partial charge in [0.1, 0.15) is 17.4 Å². The van der Waals surface area contributed by atoms with Crippen LogP contribution in [0.1, 0.15) is 29.9 Å². The standard InChI is InChI=1S/C14H17N3O3/c1-8(2)12(14(19)20)16-13(18)10-7-17-5-4-9(3)6-11(17)15-10/h4-8,12H,1-3H3,(H,16,18)(H,19,20). The van der Waals surface area contributed by atoms with E-state index in [-0.39, 0.29) is 11.6 Å². The molecule has 106 valence electrons. The van der Waals surface area contributed by atoms with Crippen molar-refractivity contribution in [3.05, 3.63) is 35.8 Å². The molecule has 6 nitrogen and oxygen atoms in total. The van der Waals surface area contributed by atoms with E-state index >= 15 is 0 Å². The Morgan fingerprint density at radius 2 is 2.10 bits per heavy atom. The lowest BCUT2D eigenvalue weighted by molar-refractivity contribution is -0.140. The molecule has 0 spiro atoms. The van der Waals surface area contributed by atoms with E-state index in [1.54, 1.807) is 24.4 Å². The second kappa shape index (κ2) is 5.32. The van der Waals surface area contributed by atoms with Gasteiger partial charge in [0.25, 0.3) is 5.91 Å². The molecule has 0 saturated heterocycles. The van der Waals surface area contributed by atoms with E-state index < -0.39 is 17.9 Å². The molecule has 0 aliphatic carbocycles. The zero-order chi connectivity index (χ0) is 14.9. The number of carbonyl (C=O) groups is 2. The van der Waals surface area contributed by atoms with Crippen LogP contribution in [0.4, 0.5) is 0 Å². The van der Waals surface area contributed by atoms with Crippen LogP contribution in [0.25, 0.3) is 5.65 Å². The molecular formula is C14H17N3O3. The minimum absolute atomic E-state index is 0.198. The number of nitrogens with one attached hydrogen (secondary N) is 1. The second-order valence-electron chi connectivity index (χ2n) is 5.13. The number of nitrogens with zero attached hydrogens (tertiary/aromatic N) is 2. The minimum atomic E-state index is -1.05. The Hall–Kier alpha value is -2.37. The number of hydrogen-bond acceptors (Lipinski definition) is 3. The molecule has 1 unspecified atom stereocenters. The Labute approximate surface area is 116 Å². The van der Waals surface area contributed by atoms with Crippen molar-refractivity contribution in [3.63, 3.8) is 0 Å². The van der Waals surface area contributed by atoms with Gasteiger partial charge in [0.2, 0.25) is 0 Å². The van der Waals surface area contributed by atoms with E-state index in [1.165, 1.54) is 0 Å². The molecule has 0 radical (unpaired) electrons. The lowest BCUT2D eigenvalue weighted by atomic mass is 10.0. The molecule has 0 aromatic carbocycles. The van der Waals surface area contributed by atoms with Crippen molar-refractivity contribution in [1.29, 1.82) is 0 Å².